The van der Waals surface area contributed by atoms with Crippen molar-refractivity contribution in [1.29, 1.82) is 0 Å². The van der Waals surface area contributed by atoms with Gasteiger partial charge in [-0.1, -0.05) is 46.7 Å². The average Bonchev–Trinajstić information content (AvgIpc) is 3.34. The van der Waals surface area contributed by atoms with Crippen molar-refractivity contribution in [2.45, 2.75) is 45.9 Å². The van der Waals surface area contributed by atoms with E-state index in [1.54, 1.807) is 0 Å². The summed E-state index contributed by atoms with van der Waals surface area (Å²) in [6.45, 7) is 11.4. The quantitative estimate of drug-likeness (QED) is 0.758. The molecule has 0 aliphatic carbocycles. The first kappa shape index (κ1) is 20.2. The molecule has 1 spiro atoms. The van der Waals surface area contributed by atoms with Crippen LogP contribution < -0.4 is 0 Å². The maximum Gasteiger partial charge on any atom is 0.241 e. The van der Waals surface area contributed by atoms with E-state index in [1.165, 1.54) is 11.1 Å². The van der Waals surface area contributed by atoms with E-state index in [1.807, 2.05) is 0 Å². The van der Waals surface area contributed by atoms with E-state index in [-0.39, 0.29) is 6.23 Å². The fraction of sp³-hybridized carbons (Fsp3) is 0.440. The standard InChI is InChI=1S/C25H29N3O3/c1-16-7-5-8-17(2)21(16)20-15-25(31-26-20)23(22-18(3)9-6-10-19(22)4)27-30-24(25)28-11-13-29-14-12-28/h5-10,24H,11-15H2,1-4H3/t24-,25-/m0/s1. The van der Waals surface area contributed by atoms with Crippen LogP contribution in [0.15, 0.2) is 46.7 Å². The van der Waals surface area contributed by atoms with Crippen molar-refractivity contribution in [1.82, 2.24) is 4.90 Å². The molecule has 1 fully saturated rings. The molecular formula is C25H29N3O3. The molecule has 0 saturated carbocycles. The van der Waals surface area contributed by atoms with E-state index in [0.717, 1.165) is 46.8 Å². The van der Waals surface area contributed by atoms with Crippen molar-refractivity contribution in [3.05, 3.63) is 69.8 Å². The lowest BCUT2D eigenvalue weighted by atomic mass is 9.81. The lowest BCUT2D eigenvalue weighted by molar-refractivity contribution is -0.159. The molecule has 0 amide bonds. The lowest BCUT2D eigenvalue weighted by Crippen LogP contribution is -2.57. The summed E-state index contributed by atoms with van der Waals surface area (Å²) in [6.07, 6.45) is 0.281. The summed E-state index contributed by atoms with van der Waals surface area (Å²) in [6, 6.07) is 12.6. The van der Waals surface area contributed by atoms with Gasteiger partial charge in [-0.2, -0.15) is 0 Å². The number of hydrogen-bond donors (Lipinski definition) is 0. The fourth-order valence-electron chi connectivity index (χ4n) is 5.11. The highest BCUT2D eigenvalue weighted by atomic mass is 16.7. The Bertz CT molecular complexity index is 1030. The molecule has 5 rings (SSSR count). The number of ether oxygens (including phenoxy) is 1. The Hall–Kier alpha value is -2.70. The Balaban J connectivity index is 1.58. The highest BCUT2D eigenvalue weighted by Crippen LogP contribution is 2.42. The smallest absolute Gasteiger partial charge is 0.241 e. The molecule has 0 bridgehead atoms. The average molecular weight is 420 g/mol. The van der Waals surface area contributed by atoms with Gasteiger partial charge in [0.2, 0.25) is 11.8 Å². The molecule has 2 aromatic carbocycles. The van der Waals surface area contributed by atoms with Crippen molar-refractivity contribution in [2.24, 2.45) is 10.3 Å². The van der Waals surface area contributed by atoms with Crippen LogP contribution in [-0.4, -0.2) is 54.5 Å². The van der Waals surface area contributed by atoms with Gasteiger partial charge in [0.15, 0.2) is 0 Å². The molecule has 0 aromatic heterocycles. The van der Waals surface area contributed by atoms with E-state index in [9.17, 15) is 0 Å². The van der Waals surface area contributed by atoms with E-state index in [2.05, 4.69) is 79.3 Å². The van der Waals surface area contributed by atoms with Crippen molar-refractivity contribution in [3.63, 3.8) is 0 Å². The van der Waals surface area contributed by atoms with Gasteiger partial charge < -0.3 is 14.4 Å². The van der Waals surface area contributed by atoms with Gasteiger partial charge in [0.1, 0.15) is 5.71 Å². The SMILES string of the molecule is Cc1cccc(C)c1C1=NO[C@@]2(C1)C(c1c(C)cccc1C)=NO[C@@H]2N1CCOCC1. The van der Waals surface area contributed by atoms with Crippen LogP contribution in [0.5, 0.6) is 0 Å². The van der Waals surface area contributed by atoms with Gasteiger partial charge in [-0.3, -0.25) is 4.90 Å². The van der Waals surface area contributed by atoms with Crippen LogP contribution in [0.1, 0.15) is 39.8 Å². The lowest BCUT2D eigenvalue weighted by Gasteiger charge is -2.37. The fourth-order valence-corrected chi connectivity index (χ4v) is 5.11. The molecule has 1 saturated heterocycles. The van der Waals surface area contributed by atoms with Gasteiger partial charge in [0.05, 0.1) is 18.9 Å². The van der Waals surface area contributed by atoms with Crippen molar-refractivity contribution >= 4 is 11.4 Å². The number of hydrogen-bond acceptors (Lipinski definition) is 6. The van der Waals surface area contributed by atoms with Gasteiger partial charge >= 0.3 is 0 Å². The Morgan fingerprint density at radius 2 is 1.42 bits per heavy atom. The Kier molecular flexibility index (Phi) is 5.07. The molecule has 0 radical (unpaired) electrons. The first-order valence-corrected chi connectivity index (χ1v) is 11.0. The molecule has 6 nitrogen and oxygen atoms in total. The van der Waals surface area contributed by atoms with Crippen molar-refractivity contribution in [3.8, 4) is 0 Å². The molecule has 162 valence electrons. The first-order chi connectivity index (χ1) is 15.0. The minimum Gasteiger partial charge on any atom is -0.379 e. The number of morpholine rings is 1. The van der Waals surface area contributed by atoms with E-state index >= 15 is 0 Å². The minimum absolute atomic E-state index is 0.337. The summed E-state index contributed by atoms with van der Waals surface area (Å²) in [5.74, 6) is 0. The number of nitrogens with zero attached hydrogens (tertiary/aromatic N) is 3. The number of oxime groups is 2. The monoisotopic (exact) mass is 419 g/mol. The second-order valence-electron chi connectivity index (χ2n) is 8.78. The predicted molar refractivity (Wildman–Crippen MR) is 121 cm³/mol. The molecule has 0 N–H and O–H groups in total. The maximum atomic E-state index is 6.37. The molecule has 2 aromatic rings. The van der Waals surface area contributed by atoms with Crippen molar-refractivity contribution < 1.29 is 14.4 Å². The second kappa shape index (κ2) is 7.77. The molecule has 3 aliphatic heterocycles. The topological polar surface area (TPSA) is 55.7 Å². The van der Waals surface area contributed by atoms with E-state index < -0.39 is 5.60 Å². The predicted octanol–water partition coefficient (Wildman–Crippen LogP) is 3.88. The van der Waals surface area contributed by atoms with Crippen LogP contribution in [-0.2, 0) is 14.4 Å². The van der Waals surface area contributed by atoms with Gasteiger partial charge in [0, 0.05) is 30.6 Å². The third kappa shape index (κ3) is 3.25. The molecular weight excluding hydrogens is 390 g/mol. The van der Waals surface area contributed by atoms with Gasteiger partial charge in [-0.05, 0) is 49.9 Å². The van der Waals surface area contributed by atoms with E-state index in [4.69, 9.17) is 14.4 Å². The minimum atomic E-state index is -0.779. The largest absolute Gasteiger partial charge is 0.379 e. The summed E-state index contributed by atoms with van der Waals surface area (Å²) < 4.78 is 5.58. The molecule has 0 unspecified atom stereocenters. The van der Waals surface area contributed by atoms with Crippen LogP contribution in [0.3, 0.4) is 0 Å². The summed E-state index contributed by atoms with van der Waals surface area (Å²) >= 11 is 0. The highest BCUT2D eigenvalue weighted by Gasteiger charge is 2.60. The Morgan fingerprint density at radius 3 is 2.03 bits per heavy atom. The first-order valence-electron chi connectivity index (χ1n) is 11.0. The molecule has 3 aliphatic rings. The Morgan fingerprint density at radius 1 is 0.839 bits per heavy atom. The highest BCUT2D eigenvalue weighted by molar-refractivity contribution is 6.15. The zero-order chi connectivity index (χ0) is 21.6. The van der Waals surface area contributed by atoms with Gasteiger partial charge in [0.25, 0.3) is 0 Å². The molecule has 2 atom stereocenters. The van der Waals surface area contributed by atoms with Crippen LogP contribution >= 0.6 is 0 Å². The van der Waals surface area contributed by atoms with Crippen LogP contribution in [0.25, 0.3) is 0 Å². The van der Waals surface area contributed by atoms with Crippen LogP contribution in [0, 0.1) is 27.7 Å². The zero-order valence-electron chi connectivity index (χ0n) is 18.6. The molecule has 3 heterocycles. The third-order valence-electron chi connectivity index (χ3n) is 6.66. The molecule has 6 heteroatoms. The normalized spacial score (nSPS) is 25.9. The summed E-state index contributed by atoms with van der Waals surface area (Å²) in [7, 11) is 0. The summed E-state index contributed by atoms with van der Waals surface area (Å²) in [5.41, 5.74) is 7.99. The summed E-state index contributed by atoms with van der Waals surface area (Å²) in [4.78, 5) is 14.8. The third-order valence-corrected chi connectivity index (χ3v) is 6.66. The molecule has 31 heavy (non-hydrogen) atoms. The van der Waals surface area contributed by atoms with Crippen LogP contribution in [0.4, 0.5) is 0 Å². The van der Waals surface area contributed by atoms with Gasteiger partial charge in [-0.15, -0.1) is 0 Å². The van der Waals surface area contributed by atoms with E-state index in [0.29, 0.717) is 19.6 Å². The van der Waals surface area contributed by atoms with Crippen molar-refractivity contribution in [2.75, 3.05) is 26.3 Å². The summed E-state index contributed by atoms with van der Waals surface area (Å²) in [5, 5.41) is 9.27. The maximum absolute atomic E-state index is 6.37. The van der Waals surface area contributed by atoms with Crippen LogP contribution in [0.2, 0.25) is 0 Å². The Labute approximate surface area is 183 Å². The zero-order valence-corrected chi connectivity index (χ0v) is 18.6. The second-order valence-corrected chi connectivity index (χ2v) is 8.78. The number of aryl methyl sites for hydroxylation is 4. The van der Waals surface area contributed by atoms with Gasteiger partial charge in [-0.25, -0.2) is 0 Å². The number of benzene rings is 2. The number of rotatable bonds is 3.